The Balaban J connectivity index is 1.28. The minimum absolute atomic E-state index is 0.0322. The number of aryl methyl sites for hydroxylation is 1. The van der Waals surface area contributed by atoms with Gasteiger partial charge in [-0.05, 0) is 32.2 Å². The van der Waals surface area contributed by atoms with Crippen molar-refractivity contribution in [1.82, 2.24) is 29.6 Å². The molecule has 0 atom stereocenters. The number of aromatic nitrogens is 5. The molecule has 2 aliphatic rings. The topological polar surface area (TPSA) is 63.0 Å². The molecule has 182 valence electrons. The van der Waals surface area contributed by atoms with Gasteiger partial charge >= 0.3 is 0 Å². The van der Waals surface area contributed by atoms with Gasteiger partial charge in [-0.25, -0.2) is 9.97 Å². The number of thioether (sulfide) groups is 1. The molecule has 0 radical (unpaired) electrons. The summed E-state index contributed by atoms with van der Waals surface area (Å²) in [5.74, 6) is 4.28. The summed E-state index contributed by atoms with van der Waals surface area (Å²) in [6.45, 7) is 16.6. The highest BCUT2D eigenvalue weighted by Gasteiger charge is 2.41. The van der Waals surface area contributed by atoms with Crippen molar-refractivity contribution in [2.24, 2.45) is 7.05 Å². The average molecular weight is 472 g/mol. The molecule has 1 aliphatic carbocycles. The largest absolute Gasteiger partial charge is 0.354 e. The molecule has 4 rings (SSSR count). The van der Waals surface area contributed by atoms with E-state index in [2.05, 4.69) is 72.3 Å². The second-order valence-corrected chi connectivity index (χ2v) is 12.0. The smallest absolute Gasteiger partial charge is 0.190 e. The summed E-state index contributed by atoms with van der Waals surface area (Å²) in [6, 6.07) is 2.27. The van der Waals surface area contributed by atoms with Crippen LogP contribution in [0.2, 0.25) is 0 Å². The molecule has 2 fully saturated rings. The van der Waals surface area contributed by atoms with Crippen molar-refractivity contribution in [2.45, 2.75) is 82.7 Å². The second kappa shape index (κ2) is 9.90. The standard InChI is InChI=1S/C25H41N7S/c1-7-9-20-28-29-23(30(20)6)33-17-8-12-31-13-15-32(16-14-31)21-18-19(25(5)10-11-25)26-22(27-21)24(2,3)4/h18H,7-17H2,1-6H3. The van der Waals surface area contributed by atoms with Crippen LogP contribution in [0.3, 0.4) is 0 Å². The van der Waals surface area contributed by atoms with Gasteiger partial charge in [-0.2, -0.15) is 0 Å². The maximum absolute atomic E-state index is 5.00. The number of rotatable bonds is 9. The zero-order valence-corrected chi connectivity index (χ0v) is 22.2. The lowest BCUT2D eigenvalue weighted by Gasteiger charge is -2.36. The van der Waals surface area contributed by atoms with Crippen molar-refractivity contribution >= 4 is 17.6 Å². The Morgan fingerprint density at radius 2 is 1.79 bits per heavy atom. The van der Waals surface area contributed by atoms with Gasteiger partial charge in [-0.15, -0.1) is 10.2 Å². The molecule has 33 heavy (non-hydrogen) atoms. The quantitative estimate of drug-likeness (QED) is 0.401. The predicted octanol–water partition coefficient (Wildman–Crippen LogP) is 4.21. The second-order valence-electron chi connectivity index (χ2n) is 11.0. The lowest BCUT2D eigenvalue weighted by atomic mass is 9.94. The molecule has 0 unspecified atom stereocenters. The first kappa shape index (κ1) is 24.5. The molecule has 0 N–H and O–H groups in total. The molecule has 2 aromatic rings. The van der Waals surface area contributed by atoms with Crippen LogP contribution in [0.5, 0.6) is 0 Å². The van der Waals surface area contributed by atoms with Crippen LogP contribution in [0.4, 0.5) is 5.82 Å². The Bertz CT molecular complexity index is 913. The van der Waals surface area contributed by atoms with E-state index in [1.54, 1.807) is 0 Å². The van der Waals surface area contributed by atoms with Gasteiger partial charge in [-0.3, -0.25) is 4.90 Å². The molecule has 0 spiro atoms. The molecule has 3 heterocycles. The van der Waals surface area contributed by atoms with Crippen molar-refractivity contribution in [3.63, 3.8) is 0 Å². The third-order valence-corrected chi connectivity index (χ3v) is 8.05. The first-order valence-electron chi connectivity index (χ1n) is 12.6. The summed E-state index contributed by atoms with van der Waals surface area (Å²) in [5.41, 5.74) is 1.47. The molecular weight excluding hydrogens is 430 g/mol. The Hall–Kier alpha value is -1.67. The predicted molar refractivity (Wildman–Crippen MR) is 136 cm³/mol. The number of hydrogen-bond acceptors (Lipinski definition) is 7. The molecule has 1 aliphatic heterocycles. The highest BCUT2D eigenvalue weighted by Crippen LogP contribution is 2.47. The minimum atomic E-state index is -0.0322. The fourth-order valence-electron chi connectivity index (χ4n) is 4.25. The van der Waals surface area contributed by atoms with Gasteiger partial charge in [0.25, 0.3) is 0 Å². The zero-order chi connectivity index (χ0) is 23.6. The van der Waals surface area contributed by atoms with Gasteiger partial charge in [-0.1, -0.05) is 46.4 Å². The van der Waals surface area contributed by atoms with Gasteiger partial charge in [0.2, 0.25) is 0 Å². The zero-order valence-electron chi connectivity index (χ0n) is 21.4. The molecule has 7 nitrogen and oxygen atoms in total. The fourth-order valence-corrected chi connectivity index (χ4v) is 5.10. The normalized spacial score (nSPS) is 18.7. The SMILES string of the molecule is CCCc1nnc(SCCCN2CCN(c3cc(C4(C)CC4)nc(C(C)(C)C)n3)CC2)n1C. The number of hydrogen-bond donors (Lipinski definition) is 0. The Labute approximate surface area is 203 Å². The molecule has 0 bridgehead atoms. The van der Waals surface area contributed by atoms with Crippen molar-refractivity contribution in [1.29, 1.82) is 0 Å². The first-order chi connectivity index (χ1) is 15.7. The van der Waals surface area contributed by atoms with E-state index in [0.717, 1.165) is 73.9 Å². The molecule has 2 aromatic heterocycles. The van der Waals surface area contributed by atoms with Gasteiger partial charge in [0.1, 0.15) is 17.5 Å². The van der Waals surface area contributed by atoms with Gasteiger partial charge < -0.3 is 9.47 Å². The van der Waals surface area contributed by atoms with Crippen LogP contribution in [0.15, 0.2) is 11.2 Å². The van der Waals surface area contributed by atoms with Crippen molar-refractivity contribution in [3.05, 3.63) is 23.4 Å². The molecule has 0 aromatic carbocycles. The van der Waals surface area contributed by atoms with Crippen LogP contribution in [0.25, 0.3) is 0 Å². The van der Waals surface area contributed by atoms with Gasteiger partial charge in [0.15, 0.2) is 5.16 Å². The van der Waals surface area contributed by atoms with Crippen molar-refractivity contribution in [3.8, 4) is 0 Å². The summed E-state index contributed by atoms with van der Waals surface area (Å²) >= 11 is 1.83. The number of piperazine rings is 1. The van der Waals surface area contributed by atoms with E-state index in [4.69, 9.17) is 9.97 Å². The summed E-state index contributed by atoms with van der Waals surface area (Å²) in [7, 11) is 2.08. The first-order valence-corrected chi connectivity index (χ1v) is 13.6. The Morgan fingerprint density at radius 1 is 1.06 bits per heavy atom. The van der Waals surface area contributed by atoms with E-state index in [1.807, 2.05) is 11.8 Å². The lowest BCUT2D eigenvalue weighted by molar-refractivity contribution is 0.258. The molecule has 0 amide bonds. The minimum Gasteiger partial charge on any atom is -0.354 e. The third kappa shape index (κ3) is 5.88. The van der Waals surface area contributed by atoms with E-state index in [0.29, 0.717) is 0 Å². The summed E-state index contributed by atoms with van der Waals surface area (Å²) in [5, 5.41) is 9.73. The molecule has 8 heteroatoms. The van der Waals surface area contributed by atoms with Gasteiger partial charge in [0, 0.05) is 62.3 Å². The van der Waals surface area contributed by atoms with Crippen LogP contribution in [-0.2, 0) is 24.3 Å². The highest BCUT2D eigenvalue weighted by atomic mass is 32.2. The van der Waals surface area contributed by atoms with Crippen LogP contribution < -0.4 is 4.90 Å². The third-order valence-electron chi connectivity index (χ3n) is 6.95. The van der Waals surface area contributed by atoms with Crippen molar-refractivity contribution in [2.75, 3.05) is 43.4 Å². The van der Waals surface area contributed by atoms with Crippen molar-refractivity contribution < 1.29 is 0 Å². The number of anilines is 1. The number of nitrogens with zero attached hydrogens (tertiary/aromatic N) is 7. The van der Waals surface area contributed by atoms with Crippen LogP contribution >= 0.6 is 11.8 Å². The van der Waals surface area contributed by atoms with Crippen LogP contribution in [0.1, 0.15) is 77.6 Å². The molecular formula is C25H41N7S. The van der Waals surface area contributed by atoms with E-state index in [-0.39, 0.29) is 10.8 Å². The van der Waals surface area contributed by atoms with Crippen LogP contribution in [-0.4, -0.2) is 68.1 Å². The Kier molecular flexibility index (Phi) is 7.34. The maximum Gasteiger partial charge on any atom is 0.190 e. The van der Waals surface area contributed by atoms with E-state index >= 15 is 0 Å². The monoisotopic (exact) mass is 471 g/mol. The van der Waals surface area contributed by atoms with E-state index in [9.17, 15) is 0 Å². The fraction of sp³-hybridized carbons (Fsp3) is 0.760. The lowest BCUT2D eigenvalue weighted by Crippen LogP contribution is -2.47. The summed E-state index contributed by atoms with van der Waals surface area (Å²) in [4.78, 5) is 15.0. The maximum atomic E-state index is 5.00. The highest BCUT2D eigenvalue weighted by molar-refractivity contribution is 7.99. The van der Waals surface area contributed by atoms with Gasteiger partial charge in [0.05, 0.1) is 5.69 Å². The van der Waals surface area contributed by atoms with Crippen LogP contribution in [0, 0.1) is 0 Å². The average Bonchev–Trinajstić information content (AvgIpc) is 3.46. The summed E-state index contributed by atoms with van der Waals surface area (Å²) in [6.07, 6.45) is 5.76. The van der Waals surface area contributed by atoms with E-state index in [1.165, 1.54) is 25.0 Å². The molecule has 1 saturated carbocycles. The van der Waals surface area contributed by atoms with E-state index < -0.39 is 0 Å². The summed E-state index contributed by atoms with van der Waals surface area (Å²) < 4.78 is 2.15. The Morgan fingerprint density at radius 3 is 2.42 bits per heavy atom. The molecule has 1 saturated heterocycles.